The van der Waals surface area contributed by atoms with E-state index in [0.29, 0.717) is 10.0 Å². The van der Waals surface area contributed by atoms with E-state index in [1.807, 2.05) is 6.07 Å². The number of rotatable bonds is 3. The number of hydrogen-bond donors (Lipinski definition) is 0. The van der Waals surface area contributed by atoms with Gasteiger partial charge in [-0.3, -0.25) is 9.59 Å². The maximum atomic E-state index is 11.5. The Kier molecular flexibility index (Phi) is 3.83. The molecule has 0 heterocycles. The normalized spacial score (nSPS) is 9.57. The van der Waals surface area contributed by atoms with Gasteiger partial charge in [-0.2, -0.15) is 0 Å². The van der Waals surface area contributed by atoms with Crippen LogP contribution < -0.4 is 0 Å². The molecule has 0 fully saturated rings. The summed E-state index contributed by atoms with van der Waals surface area (Å²) in [5.74, 6) is -0.668. The molecule has 0 aliphatic carbocycles. The number of ether oxygens (including phenoxy) is 1. The van der Waals surface area contributed by atoms with E-state index in [4.69, 9.17) is 0 Å². The van der Waals surface area contributed by atoms with Gasteiger partial charge in [-0.15, -0.1) is 0 Å². The average Bonchev–Trinajstić information content (AvgIpc) is 2.15. The molecule has 0 spiro atoms. The second kappa shape index (κ2) is 4.91. The van der Waals surface area contributed by atoms with E-state index in [2.05, 4.69) is 20.7 Å². The van der Waals surface area contributed by atoms with Crippen molar-refractivity contribution in [2.75, 3.05) is 6.61 Å². The van der Waals surface area contributed by atoms with Crippen LogP contribution in [0.2, 0.25) is 0 Å². The SMILES string of the molecule is CC(=O)OCC(=O)c1ccccc1Br. The standard InChI is InChI=1S/C10H9BrO3/c1-7(12)14-6-10(13)8-4-2-3-5-9(8)11/h2-5H,6H2,1H3. The second-order valence-corrected chi connectivity index (χ2v) is 3.54. The number of esters is 1. The van der Waals surface area contributed by atoms with Crippen molar-refractivity contribution in [2.24, 2.45) is 0 Å². The van der Waals surface area contributed by atoms with Gasteiger partial charge in [-0.25, -0.2) is 0 Å². The summed E-state index contributed by atoms with van der Waals surface area (Å²) in [5.41, 5.74) is 0.522. The monoisotopic (exact) mass is 256 g/mol. The van der Waals surface area contributed by atoms with E-state index in [0.717, 1.165) is 0 Å². The van der Waals surface area contributed by atoms with Crippen molar-refractivity contribution in [2.45, 2.75) is 6.92 Å². The van der Waals surface area contributed by atoms with Crippen LogP contribution in [-0.4, -0.2) is 18.4 Å². The molecule has 74 valence electrons. The highest BCUT2D eigenvalue weighted by atomic mass is 79.9. The lowest BCUT2D eigenvalue weighted by Crippen LogP contribution is -2.12. The molecule has 0 N–H and O–H groups in total. The van der Waals surface area contributed by atoms with Crippen LogP contribution in [-0.2, 0) is 9.53 Å². The number of hydrogen-bond acceptors (Lipinski definition) is 3. The highest BCUT2D eigenvalue weighted by Gasteiger charge is 2.10. The van der Waals surface area contributed by atoms with Crippen molar-refractivity contribution in [1.82, 2.24) is 0 Å². The fourth-order valence-electron chi connectivity index (χ4n) is 0.932. The molecule has 0 aliphatic heterocycles. The zero-order chi connectivity index (χ0) is 10.6. The molecule has 1 aromatic carbocycles. The zero-order valence-corrected chi connectivity index (χ0v) is 9.21. The molecule has 0 saturated carbocycles. The molecule has 4 heteroatoms. The number of benzene rings is 1. The molecular formula is C10H9BrO3. The lowest BCUT2D eigenvalue weighted by Gasteiger charge is -2.03. The van der Waals surface area contributed by atoms with Crippen molar-refractivity contribution in [3.8, 4) is 0 Å². The van der Waals surface area contributed by atoms with Crippen molar-refractivity contribution in [3.63, 3.8) is 0 Å². The number of halogens is 1. The number of Topliss-reactive ketones (excluding diaryl/α,β-unsaturated/α-hetero) is 1. The first-order chi connectivity index (χ1) is 6.61. The largest absolute Gasteiger partial charge is 0.457 e. The Bertz CT molecular complexity index is 360. The van der Waals surface area contributed by atoms with Crippen LogP contribution in [0.4, 0.5) is 0 Å². The fourth-order valence-corrected chi connectivity index (χ4v) is 1.44. The molecule has 0 amide bonds. The first kappa shape index (κ1) is 10.9. The van der Waals surface area contributed by atoms with Gasteiger partial charge < -0.3 is 4.74 Å². The Hall–Kier alpha value is -1.16. The maximum absolute atomic E-state index is 11.5. The minimum Gasteiger partial charge on any atom is -0.457 e. The topological polar surface area (TPSA) is 43.4 Å². The van der Waals surface area contributed by atoms with Crippen LogP contribution in [0.3, 0.4) is 0 Å². The van der Waals surface area contributed by atoms with Crippen LogP contribution in [0.1, 0.15) is 17.3 Å². The van der Waals surface area contributed by atoms with Gasteiger partial charge in [0.2, 0.25) is 5.78 Å². The van der Waals surface area contributed by atoms with Crippen molar-refractivity contribution >= 4 is 27.7 Å². The first-order valence-electron chi connectivity index (χ1n) is 4.02. The molecule has 0 saturated heterocycles. The predicted octanol–water partition coefficient (Wildman–Crippen LogP) is 2.19. The van der Waals surface area contributed by atoms with Crippen LogP contribution in [0.5, 0.6) is 0 Å². The summed E-state index contributed by atoms with van der Waals surface area (Å²) in [6.07, 6.45) is 0. The average molecular weight is 257 g/mol. The Morgan fingerprint density at radius 3 is 2.57 bits per heavy atom. The quantitative estimate of drug-likeness (QED) is 0.615. The van der Waals surface area contributed by atoms with Crippen LogP contribution in [0, 0.1) is 0 Å². The van der Waals surface area contributed by atoms with E-state index in [1.165, 1.54) is 6.92 Å². The molecule has 0 atom stereocenters. The summed E-state index contributed by atoms with van der Waals surface area (Å²) in [6, 6.07) is 7.01. The van der Waals surface area contributed by atoms with Gasteiger partial charge in [-0.1, -0.05) is 34.1 Å². The van der Waals surface area contributed by atoms with E-state index >= 15 is 0 Å². The van der Waals surface area contributed by atoms with Crippen molar-refractivity contribution in [3.05, 3.63) is 34.3 Å². The van der Waals surface area contributed by atoms with Crippen LogP contribution in [0.25, 0.3) is 0 Å². The third kappa shape index (κ3) is 2.96. The highest BCUT2D eigenvalue weighted by Crippen LogP contribution is 2.16. The minimum atomic E-state index is -0.453. The lowest BCUT2D eigenvalue weighted by molar-refractivity contribution is -0.139. The maximum Gasteiger partial charge on any atom is 0.303 e. The van der Waals surface area contributed by atoms with E-state index in [9.17, 15) is 9.59 Å². The Labute approximate surface area is 90.2 Å². The fraction of sp³-hybridized carbons (Fsp3) is 0.200. The second-order valence-electron chi connectivity index (χ2n) is 2.68. The summed E-state index contributed by atoms with van der Waals surface area (Å²) in [6.45, 7) is 1.06. The smallest absolute Gasteiger partial charge is 0.303 e. The van der Waals surface area contributed by atoms with Gasteiger partial charge >= 0.3 is 5.97 Å². The van der Waals surface area contributed by atoms with Crippen molar-refractivity contribution in [1.29, 1.82) is 0 Å². The molecule has 1 aromatic rings. The van der Waals surface area contributed by atoms with Gasteiger partial charge in [0.1, 0.15) is 0 Å². The molecule has 3 nitrogen and oxygen atoms in total. The lowest BCUT2D eigenvalue weighted by atomic mass is 10.1. The summed E-state index contributed by atoms with van der Waals surface area (Å²) in [7, 11) is 0. The van der Waals surface area contributed by atoms with Gasteiger partial charge in [0.25, 0.3) is 0 Å². The Morgan fingerprint density at radius 2 is 2.00 bits per heavy atom. The third-order valence-electron chi connectivity index (χ3n) is 1.58. The molecule has 1 rings (SSSR count). The molecule has 0 radical (unpaired) electrons. The van der Waals surface area contributed by atoms with Gasteiger partial charge in [-0.05, 0) is 6.07 Å². The van der Waals surface area contributed by atoms with E-state index in [1.54, 1.807) is 18.2 Å². The zero-order valence-electron chi connectivity index (χ0n) is 7.62. The highest BCUT2D eigenvalue weighted by molar-refractivity contribution is 9.10. The minimum absolute atomic E-state index is 0.210. The summed E-state index contributed by atoms with van der Waals surface area (Å²) >= 11 is 3.24. The molecule has 0 unspecified atom stereocenters. The molecule has 14 heavy (non-hydrogen) atoms. The molecule has 0 aliphatic rings. The van der Waals surface area contributed by atoms with Crippen molar-refractivity contribution < 1.29 is 14.3 Å². The number of carbonyl (C=O) groups is 2. The third-order valence-corrected chi connectivity index (χ3v) is 2.27. The first-order valence-corrected chi connectivity index (χ1v) is 4.81. The number of carbonyl (C=O) groups excluding carboxylic acids is 2. The molecule has 0 aromatic heterocycles. The summed E-state index contributed by atoms with van der Waals surface area (Å²) in [4.78, 5) is 21.9. The Balaban J connectivity index is 2.70. The number of ketones is 1. The molecule has 0 bridgehead atoms. The summed E-state index contributed by atoms with van der Waals surface area (Å²) < 4.78 is 5.31. The van der Waals surface area contributed by atoms with E-state index in [-0.39, 0.29) is 12.4 Å². The van der Waals surface area contributed by atoms with Crippen LogP contribution >= 0.6 is 15.9 Å². The van der Waals surface area contributed by atoms with Crippen LogP contribution in [0.15, 0.2) is 28.7 Å². The summed E-state index contributed by atoms with van der Waals surface area (Å²) in [5, 5.41) is 0. The molecular weight excluding hydrogens is 248 g/mol. The Morgan fingerprint density at radius 1 is 1.36 bits per heavy atom. The predicted molar refractivity (Wildman–Crippen MR) is 55.1 cm³/mol. The van der Waals surface area contributed by atoms with E-state index < -0.39 is 5.97 Å². The van der Waals surface area contributed by atoms with Gasteiger partial charge in [0.15, 0.2) is 6.61 Å². The van der Waals surface area contributed by atoms with Gasteiger partial charge in [0, 0.05) is 17.0 Å². The van der Waals surface area contributed by atoms with Gasteiger partial charge in [0.05, 0.1) is 0 Å².